The lowest BCUT2D eigenvalue weighted by atomic mass is 10.1. The predicted octanol–water partition coefficient (Wildman–Crippen LogP) is 5.19. The Labute approximate surface area is 208 Å². The molecular weight excluding hydrogens is 462 g/mol. The summed E-state index contributed by atoms with van der Waals surface area (Å²) in [6.45, 7) is 5.97. The Balaban J connectivity index is 1.84. The molecule has 1 aliphatic rings. The van der Waals surface area contributed by atoms with E-state index in [-0.39, 0.29) is 24.5 Å². The highest BCUT2D eigenvalue weighted by atomic mass is 32.2. The highest BCUT2D eigenvalue weighted by Gasteiger charge is 2.33. The van der Waals surface area contributed by atoms with Crippen LogP contribution in [-0.4, -0.2) is 33.2 Å². The lowest BCUT2D eigenvalue weighted by Gasteiger charge is -2.06. The number of aryl methyl sites for hydroxylation is 2. The van der Waals surface area contributed by atoms with Crippen molar-refractivity contribution in [3.05, 3.63) is 81.6 Å². The minimum Gasteiger partial charge on any atom is -0.506 e. The van der Waals surface area contributed by atoms with Gasteiger partial charge < -0.3 is 20.1 Å². The maximum absolute atomic E-state index is 12.7. The van der Waals surface area contributed by atoms with Gasteiger partial charge in [-0.2, -0.15) is 0 Å². The number of amides is 1. The Hall–Kier alpha value is -3.78. The van der Waals surface area contributed by atoms with E-state index in [0.717, 1.165) is 34.0 Å². The molecule has 0 bridgehead atoms. The van der Waals surface area contributed by atoms with Gasteiger partial charge in [0.2, 0.25) is 5.91 Å². The van der Waals surface area contributed by atoms with Gasteiger partial charge >= 0.3 is 5.97 Å². The monoisotopic (exact) mass is 489 g/mol. The molecule has 7 nitrogen and oxygen atoms in total. The van der Waals surface area contributed by atoms with Crippen molar-refractivity contribution in [1.29, 1.82) is 0 Å². The molecule has 3 aromatic rings. The van der Waals surface area contributed by atoms with Crippen molar-refractivity contribution in [1.82, 2.24) is 4.57 Å². The Morgan fingerprint density at radius 1 is 1.17 bits per heavy atom. The van der Waals surface area contributed by atoms with Crippen LogP contribution in [0.25, 0.3) is 17.0 Å². The fourth-order valence-electron chi connectivity index (χ4n) is 4.03. The molecule has 2 aromatic carbocycles. The molecule has 0 radical (unpaired) electrons. The third-order valence-electron chi connectivity index (χ3n) is 5.64. The zero-order valence-electron chi connectivity index (χ0n) is 19.9. The number of aliphatic hydroxyl groups is 1. The molecule has 3 N–H and O–H groups in total. The van der Waals surface area contributed by atoms with Gasteiger partial charge in [-0.1, -0.05) is 54.6 Å². The molecule has 0 atom stereocenters. The maximum atomic E-state index is 12.7. The Kier molecular flexibility index (Phi) is 7.12. The van der Waals surface area contributed by atoms with E-state index in [1.165, 1.54) is 11.8 Å². The van der Waals surface area contributed by atoms with Gasteiger partial charge in [0.1, 0.15) is 22.9 Å². The number of rotatable bonds is 7. The van der Waals surface area contributed by atoms with Crippen LogP contribution in [0.15, 0.2) is 69.9 Å². The minimum atomic E-state index is -0.629. The number of hydrogen-bond donors (Lipinski definition) is 2. The molecule has 1 aromatic heterocycles. The number of benzene rings is 2. The summed E-state index contributed by atoms with van der Waals surface area (Å²) in [5.74, 6) is -1.25. The van der Waals surface area contributed by atoms with E-state index in [9.17, 15) is 14.7 Å². The molecule has 0 spiro atoms. The smallest absolute Gasteiger partial charge is 0.344 e. The van der Waals surface area contributed by atoms with Gasteiger partial charge in [0.15, 0.2) is 0 Å². The lowest BCUT2D eigenvalue weighted by Crippen LogP contribution is -2.18. The van der Waals surface area contributed by atoms with Gasteiger partial charge in [-0.05, 0) is 44.0 Å². The Morgan fingerprint density at radius 3 is 2.57 bits per heavy atom. The van der Waals surface area contributed by atoms with Gasteiger partial charge in [0.25, 0.3) is 0 Å². The Morgan fingerprint density at radius 2 is 1.91 bits per heavy atom. The number of fused-ring (bicyclic) bond motifs is 1. The van der Waals surface area contributed by atoms with Crippen molar-refractivity contribution in [3.8, 4) is 0 Å². The van der Waals surface area contributed by atoms with Crippen LogP contribution in [0, 0.1) is 6.92 Å². The fourth-order valence-corrected chi connectivity index (χ4v) is 5.05. The number of esters is 1. The fraction of sp³-hybridized carbons (Fsp3) is 0.222. The highest BCUT2D eigenvalue weighted by Crippen LogP contribution is 2.41. The molecule has 0 unspecified atom stereocenters. The first-order chi connectivity index (χ1) is 16.8. The van der Waals surface area contributed by atoms with Gasteiger partial charge in [-0.15, -0.1) is 0 Å². The van der Waals surface area contributed by atoms with Gasteiger partial charge in [0.05, 0.1) is 22.7 Å². The van der Waals surface area contributed by atoms with E-state index < -0.39 is 11.9 Å². The summed E-state index contributed by atoms with van der Waals surface area (Å²) in [7, 11) is 0. The average Bonchev–Trinajstić information content (AvgIpc) is 3.32. The van der Waals surface area contributed by atoms with Gasteiger partial charge in [0, 0.05) is 17.1 Å². The van der Waals surface area contributed by atoms with Crippen LogP contribution in [0.2, 0.25) is 0 Å². The van der Waals surface area contributed by atoms with Crippen molar-refractivity contribution in [2.75, 3.05) is 6.61 Å². The molecule has 180 valence electrons. The van der Waals surface area contributed by atoms with E-state index in [4.69, 9.17) is 10.5 Å². The molecular formula is C27H27N3O4S. The number of thioether (sulfide) groups is 1. The van der Waals surface area contributed by atoms with E-state index in [1.807, 2.05) is 60.2 Å². The summed E-state index contributed by atoms with van der Waals surface area (Å²) in [5, 5.41) is 12.3. The molecule has 8 heteroatoms. The number of ether oxygens (including phenoxy) is 1. The number of carbonyl (C=O) groups excluding carboxylic acids is 2. The van der Waals surface area contributed by atoms with E-state index >= 15 is 0 Å². The number of nitrogens with zero attached hydrogens (tertiary/aromatic N) is 2. The first-order valence-electron chi connectivity index (χ1n) is 11.4. The van der Waals surface area contributed by atoms with Crippen LogP contribution < -0.4 is 5.73 Å². The lowest BCUT2D eigenvalue weighted by molar-refractivity contribution is -0.138. The number of aliphatic hydroxyl groups excluding tert-OH is 1. The highest BCUT2D eigenvalue weighted by molar-refractivity contribution is 8.18. The second-order valence-electron chi connectivity index (χ2n) is 8.15. The summed E-state index contributed by atoms with van der Waals surface area (Å²) in [6.07, 6.45) is 4.43. The number of primary amides is 1. The van der Waals surface area contributed by atoms with Crippen molar-refractivity contribution in [2.45, 2.75) is 33.7 Å². The first-order valence-corrected chi connectivity index (χ1v) is 12.2. The van der Waals surface area contributed by atoms with Crippen molar-refractivity contribution in [2.24, 2.45) is 10.7 Å². The number of aromatic nitrogens is 1. The zero-order chi connectivity index (χ0) is 25.1. The van der Waals surface area contributed by atoms with Crippen molar-refractivity contribution >= 4 is 51.3 Å². The van der Waals surface area contributed by atoms with Crippen LogP contribution in [-0.2, 0) is 27.3 Å². The van der Waals surface area contributed by atoms with Crippen molar-refractivity contribution in [3.63, 3.8) is 0 Å². The molecule has 0 saturated heterocycles. The zero-order valence-corrected chi connectivity index (χ0v) is 20.7. The normalized spacial score (nSPS) is 16.0. The molecule has 0 saturated carbocycles. The third-order valence-corrected chi connectivity index (χ3v) is 6.66. The largest absolute Gasteiger partial charge is 0.506 e. The summed E-state index contributed by atoms with van der Waals surface area (Å²) < 4.78 is 7.03. The number of para-hydroxylation sites is 1. The first kappa shape index (κ1) is 24.3. The van der Waals surface area contributed by atoms with Gasteiger partial charge in [-0.25, -0.2) is 9.79 Å². The molecule has 0 aliphatic carbocycles. The molecule has 4 rings (SSSR count). The molecule has 1 aliphatic heterocycles. The summed E-state index contributed by atoms with van der Waals surface area (Å²) >= 11 is 1.20. The topological polar surface area (TPSA) is 107 Å². The average molecular weight is 490 g/mol. The number of carbonyl (C=O) groups is 2. The predicted molar refractivity (Wildman–Crippen MR) is 141 cm³/mol. The second-order valence-corrected chi connectivity index (χ2v) is 9.18. The minimum absolute atomic E-state index is 0.0406. The van der Waals surface area contributed by atoms with Gasteiger partial charge in [-0.3, -0.25) is 4.79 Å². The van der Waals surface area contributed by atoms with E-state index in [0.29, 0.717) is 15.6 Å². The summed E-state index contributed by atoms with van der Waals surface area (Å²) in [6, 6.07) is 13.5. The van der Waals surface area contributed by atoms with Crippen LogP contribution in [0.4, 0.5) is 5.69 Å². The summed E-state index contributed by atoms with van der Waals surface area (Å²) in [5.41, 5.74) is 10.1. The maximum Gasteiger partial charge on any atom is 0.344 e. The second kappa shape index (κ2) is 10.2. The number of aliphatic imine (C=N–C) groups is 1. The quantitative estimate of drug-likeness (QED) is 0.444. The van der Waals surface area contributed by atoms with E-state index in [1.54, 1.807) is 13.0 Å². The Bertz CT molecular complexity index is 1400. The number of hydrogen-bond acceptors (Lipinski definition) is 6. The van der Waals surface area contributed by atoms with Crippen LogP contribution in [0.3, 0.4) is 0 Å². The molecule has 0 fully saturated rings. The molecule has 1 amide bonds. The third kappa shape index (κ3) is 5.02. The van der Waals surface area contributed by atoms with E-state index in [2.05, 4.69) is 11.9 Å². The van der Waals surface area contributed by atoms with Crippen LogP contribution >= 0.6 is 11.8 Å². The molecule has 35 heavy (non-hydrogen) atoms. The van der Waals surface area contributed by atoms with Crippen LogP contribution in [0.1, 0.15) is 30.5 Å². The SMILES string of the molecule is CCOC(=O)C1=C(O)C(=Cc2cn(CC(N)=O)c3c(CC)cccc23)SC1=Nc1ccc(C)cc1. The summed E-state index contributed by atoms with van der Waals surface area (Å²) in [4.78, 5) is 29.5. The standard InChI is InChI=1S/C27H27N3O4S/c1-4-17-7-6-8-20-18(14-30(24(17)20)15-22(28)31)13-21-25(32)23(27(33)34-5-2)26(35-21)29-19-11-9-16(3)10-12-19/h6-14,32H,4-5,15H2,1-3H3,(H2,28,31). The number of nitrogens with two attached hydrogens (primary N) is 1. The molecule has 2 heterocycles. The van der Waals surface area contributed by atoms with Crippen molar-refractivity contribution < 1.29 is 19.4 Å². The van der Waals surface area contributed by atoms with Crippen LogP contribution in [0.5, 0.6) is 0 Å².